The van der Waals surface area contributed by atoms with Crippen molar-refractivity contribution in [2.45, 2.75) is 9.53 Å². The number of aliphatic hydroxyl groups is 1. The minimum absolute atomic E-state index is 0.0707. The molecular formula is C21H23F2INO3-. The van der Waals surface area contributed by atoms with Gasteiger partial charge in [-0.1, -0.05) is 0 Å². The van der Waals surface area contributed by atoms with Crippen molar-refractivity contribution < 1.29 is 23.4 Å². The van der Waals surface area contributed by atoms with E-state index in [2.05, 4.69) is 11.9 Å². The summed E-state index contributed by atoms with van der Waals surface area (Å²) in [5.74, 6) is 0.951. The summed E-state index contributed by atoms with van der Waals surface area (Å²) in [6, 6.07) is 5.43. The molecule has 0 spiro atoms. The van der Waals surface area contributed by atoms with Crippen LogP contribution in [0.4, 0.5) is 8.78 Å². The van der Waals surface area contributed by atoms with E-state index in [0.29, 0.717) is 16.9 Å². The zero-order chi connectivity index (χ0) is 20.3. The average molecular weight is 502 g/mol. The van der Waals surface area contributed by atoms with Crippen molar-refractivity contribution in [2.24, 2.45) is 0 Å². The Bertz CT molecular complexity index is 808. The van der Waals surface area contributed by atoms with Gasteiger partial charge in [0.1, 0.15) is 0 Å². The molecule has 0 aromatic heterocycles. The first kappa shape index (κ1) is 21.0. The predicted molar refractivity (Wildman–Crippen MR) is 114 cm³/mol. The zero-order valence-corrected chi connectivity index (χ0v) is 17.7. The minimum atomic E-state index is -2.10. The molecule has 1 aromatic carbocycles. The summed E-state index contributed by atoms with van der Waals surface area (Å²) in [4.78, 5) is 13.1. The fourth-order valence-corrected chi connectivity index (χ4v) is 9.18. The van der Waals surface area contributed by atoms with Crippen LogP contribution in [0.2, 0.25) is 0 Å². The van der Waals surface area contributed by atoms with Gasteiger partial charge >= 0.3 is 171 Å². The Balaban J connectivity index is 1.66. The maximum atomic E-state index is 13.1. The zero-order valence-electron chi connectivity index (χ0n) is 15.6. The second-order valence-electron chi connectivity index (χ2n) is 6.76. The van der Waals surface area contributed by atoms with Crippen molar-refractivity contribution in [2.75, 3.05) is 31.3 Å². The van der Waals surface area contributed by atoms with Gasteiger partial charge in [-0.2, -0.15) is 0 Å². The van der Waals surface area contributed by atoms with Crippen molar-refractivity contribution >= 4 is 23.6 Å². The fourth-order valence-electron chi connectivity index (χ4n) is 2.94. The van der Waals surface area contributed by atoms with Crippen molar-refractivity contribution in [3.8, 4) is 5.75 Å². The van der Waals surface area contributed by atoms with Crippen LogP contribution in [0.3, 0.4) is 0 Å². The van der Waals surface area contributed by atoms with E-state index in [1.54, 1.807) is 19.2 Å². The van der Waals surface area contributed by atoms with E-state index in [1.165, 1.54) is 24.3 Å². The van der Waals surface area contributed by atoms with Crippen molar-refractivity contribution in [1.82, 2.24) is 5.32 Å². The third-order valence-corrected chi connectivity index (χ3v) is 10.5. The third-order valence-electron chi connectivity index (χ3n) is 4.60. The van der Waals surface area contributed by atoms with Crippen LogP contribution >= 0.6 is 19.8 Å². The number of ether oxygens (including phenoxy) is 1. The summed E-state index contributed by atoms with van der Waals surface area (Å²) in [5.41, 5.74) is -0.450. The molecule has 0 amide bonds. The predicted octanol–water partition coefficient (Wildman–Crippen LogP) is 3.17. The Kier molecular flexibility index (Phi) is 6.57. The molecule has 1 unspecified atom stereocenters. The molecule has 2 N–H and O–H groups in total. The molecule has 0 saturated carbocycles. The van der Waals surface area contributed by atoms with Crippen LogP contribution in [-0.4, -0.2) is 49.7 Å². The van der Waals surface area contributed by atoms with Crippen molar-refractivity contribution in [3.05, 3.63) is 72.0 Å². The normalized spacial score (nSPS) is 21.9. The van der Waals surface area contributed by atoms with E-state index < -0.39 is 32.1 Å². The number of hydrogen-bond acceptors (Lipinski definition) is 4. The van der Waals surface area contributed by atoms with Crippen LogP contribution in [0, 0.1) is 11.7 Å². The summed E-state index contributed by atoms with van der Waals surface area (Å²) in [7, 11) is 1.66. The van der Waals surface area contributed by atoms with E-state index in [0.717, 1.165) is 10.3 Å². The standard InChI is InChI=1S/C21H23F2INO3/c1-14-3-4-15(9-16(14)10-22)19-11-24(19)20(26)21(27,12-25-2)13-28-18-7-5-17(23)6-8-18/h3-9,19,25,27H,1,10-13H2,2H3/q-1/t19?,21-/m0/s1. The topological polar surface area (TPSA) is 58.6 Å². The Hall–Kier alpha value is -1.71. The average Bonchev–Trinajstić information content (AvgIpc) is 3.48. The molecule has 2 atom stereocenters. The van der Waals surface area contributed by atoms with E-state index >= 15 is 0 Å². The van der Waals surface area contributed by atoms with Gasteiger partial charge in [-0.05, 0) is 0 Å². The van der Waals surface area contributed by atoms with Gasteiger partial charge in [0, 0.05) is 0 Å². The number of alkyl halides is 3. The quantitative estimate of drug-likeness (QED) is 0.236. The van der Waals surface area contributed by atoms with Crippen LogP contribution in [0.1, 0.15) is 0 Å². The van der Waals surface area contributed by atoms with Gasteiger partial charge in [-0.15, -0.1) is 0 Å². The second-order valence-corrected chi connectivity index (χ2v) is 12.4. The van der Waals surface area contributed by atoms with Gasteiger partial charge in [0.05, 0.1) is 0 Å². The summed E-state index contributed by atoms with van der Waals surface area (Å²) in [6.07, 6.45) is 5.45. The van der Waals surface area contributed by atoms with Crippen LogP contribution in [0.15, 0.2) is 60.2 Å². The van der Waals surface area contributed by atoms with Gasteiger partial charge in [-0.3, -0.25) is 0 Å². The number of benzene rings is 1. The van der Waals surface area contributed by atoms with Gasteiger partial charge in [0.2, 0.25) is 0 Å². The third kappa shape index (κ3) is 4.64. The van der Waals surface area contributed by atoms with Crippen LogP contribution in [0.25, 0.3) is 0 Å². The Morgan fingerprint density at radius 3 is 2.82 bits per heavy atom. The number of rotatable bonds is 9. The van der Waals surface area contributed by atoms with Crippen molar-refractivity contribution in [1.29, 1.82) is 0 Å². The molecule has 3 rings (SSSR count). The summed E-state index contributed by atoms with van der Waals surface area (Å²) >= 11 is -2.10. The summed E-state index contributed by atoms with van der Waals surface area (Å²) in [5, 5.41) is 13.8. The Morgan fingerprint density at radius 2 is 2.18 bits per heavy atom. The number of halogens is 3. The molecule has 1 aromatic rings. The molecule has 7 heteroatoms. The molecule has 1 heterocycles. The fraction of sp³-hybridized carbons (Fsp3) is 0.333. The molecule has 0 bridgehead atoms. The van der Waals surface area contributed by atoms with Crippen LogP contribution in [0.5, 0.6) is 5.75 Å². The van der Waals surface area contributed by atoms with Gasteiger partial charge in [-0.25, -0.2) is 0 Å². The van der Waals surface area contributed by atoms with Crippen molar-refractivity contribution in [3.63, 3.8) is 0 Å². The first-order valence-electron chi connectivity index (χ1n) is 8.83. The van der Waals surface area contributed by atoms with E-state index in [4.69, 9.17) is 4.74 Å². The summed E-state index contributed by atoms with van der Waals surface area (Å²) < 4.78 is 32.4. The Labute approximate surface area is 170 Å². The summed E-state index contributed by atoms with van der Waals surface area (Å²) in [6.45, 7) is 3.09. The molecule has 1 fully saturated rings. The first-order valence-corrected chi connectivity index (χ1v) is 12.7. The molecule has 152 valence electrons. The number of hydrogen-bond donors (Lipinski definition) is 2. The molecule has 2 aliphatic rings. The number of carbonyl (C=O) groups excluding carboxylic acids is 1. The molecule has 0 radical (unpaired) electrons. The SMILES string of the molecule is C=C1C=C[C-](C2CI2C(=O)[C@](O)(CNC)COc2ccc(F)cc2)C=C1CF. The second kappa shape index (κ2) is 8.75. The van der Waals surface area contributed by atoms with Crippen LogP contribution < -0.4 is 10.1 Å². The number of likely N-dealkylation sites (N-methyl/N-ethyl adjacent to an activating group) is 1. The van der Waals surface area contributed by atoms with Gasteiger partial charge in [0.15, 0.2) is 0 Å². The number of nitrogens with one attached hydrogen (secondary N) is 1. The molecule has 1 saturated heterocycles. The molecule has 1 aliphatic carbocycles. The van der Waals surface area contributed by atoms with Crippen LogP contribution in [-0.2, 0) is 4.79 Å². The van der Waals surface area contributed by atoms with E-state index in [-0.39, 0.29) is 26.7 Å². The number of carbonyl (C=O) groups is 1. The number of allylic oxidation sites excluding steroid dienone is 5. The first-order chi connectivity index (χ1) is 13.4. The molecular weight excluding hydrogens is 479 g/mol. The Morgan fingerprint density at radius 1 is 1.46 bits per heavy atom. The monoisotopic (exact) mass is 502 g/mol. The molecule has 1 aliphatic heterocycles. The van der Waals surface area contributed by atoms with E-state index in [1.807, 2.05) is 6.08 Å². The van der Waals surface area contributed by atoms with Gasteiger partial charge < -0.3 is 0 Å². The van der Waals surface area contributed by atoms with Gasteiger partial charge in [0.25, 0.3) is 0 Å². The molecule has 28 heavy (non-hydrogen) atoms. The molecule has 4 nitrogen and oxygen atoms in total. The van der Waals surface area contributed by atoms with E-state index in [9.17, 15) is 18.7 Å². The maximum absolute atomic E-state index is 13.1.